The summed E-state index contributed by atoms with van der Waals surface area (Å²) in [6, 6.07) is 0.709. The first-order chi connectivity index (χ1) is 7.43. The maximum atomic E-state index is 5.01. The maximum absolute atomic E-state index is 5.01. The number of aliphatic imine (C=N–C) groups is 1. The van der Waals surface area contributed by atoms with Gasteiger partial charge >= 0.3 is 0 Å². The molecular weight excluding hydrogens is 202 g/mol. The van der Waals surface area contributed by atoms with Gasteiger partial charge in [0.15, 0.2) is 0 Å². The molecule has 15 heavy (non-hydrogen) atoms. The Bertz CT molecular complexity index is 255. The van der Waals surface area contributed by atoms with Crippen molar-refractivity contribution in [3.05, 3.63) is 0 Å². The second kappa shape index (κ2) is 4.48. The van der Waals surface area contributed by atoms with Gasteiger partial charge in [0.05, 0.1) is 11.1 Å². The molecule has 0 aromatic rings. The van der Waals surface area contributed by atoms with Gasteiger partial charge in [-0.1, -0.05) is 32.1 Å². The van der Waals surface area contributed by atoms with Crippen molar-refractivity contribution in [2.45, 2.75) is 69.1 Å². The number of fused-ring (bicyclic) bond motifs is 1. The first kappa shape index (κ1) is 10.2. The molecule has 2 saturated carbocycles. The molecule has 2 aliphatic carbocycles. The van der Waals surface area contributed by atoms with E-state index in [1.165, 1.54) is 57.8 Å². The van der Waals surface area contributed by atoms with Crippen LogP contribution < -0.4 is 0 Å². The number of rotatable bonds is 1. The summed E-state index contributed by atoms with van der Waals surface area (Å²) in [5.41, 5.74) is 0. The topological polar surface area (TPSA) is 12.4 Å². The van der Waals surface area contributed by atoms with Crippen molar-refractivity contribution in [1.82, 2.24) is 0 Å². The van der Waals surface area contributed by atoms with E-state index >= 15 is 0 Å². The van der Waals surface area contributed by atoms with Gasteiger partial charge in [-0.2, -0.15) is 0 Å². The number of hydrogen-bond acceptors (Lipinski definition) is 2. The van der Waals surface area contributed by atoms with Crippen molar-refractivity contribution in [1.29, 1.82) is 0 Å². The zero-order valence-corrected chi connectivity index (χ0v) is 10.3. The van der Waals surface area contributed by atoms with Gasteiger partial charge in [0, 0.05) is 11.2 Å². The standard InChI is InChI=1S/C13H21NS/c1-2-6-10(7-3-1)13-14-11-8-4-5-9-12(11)15-13/h10-12H,1-9H2. The zero-order valence-electron chi connectivity index (χ0n) is 9.45. The largest absolute Gasteiger partial charge is 0.278 e. The molecule has 2 fully saturated rings. The Balaban J connectivity index is 1.66. The summed E-state index contributed by atoms with van der Waals surface area (Å²) in [6.45, 7) is 0. The average molecular weight is 223 g/mol. The first-order valence-electron chi connectivity index (χ1n) is 6.68. The van der Waals surface area contributed by atoms with Gasteiger partial charge in [0.25, 0.3) is 0 Å². The van der Waals surface area contributed by atoms with Crippen LogP contribution in [0.25, 0.3) is 0 Å². The quantitative estimate of drug-likeness (QED) is 0.654. The summed E-state index contributed by atoms with van der Waals surface area (Å²) in [5.74, 6) is 0.856. The number of hydrogen-bond donors (Lipinski definition) is 0. The predicted molar refractivity (Wildman–Crippen MR) is 67.6 cm³/mol. The highest BCUT2D eigenvalue weighted by Crippen LogP contribution is 2.41. The zero-order chi connectivity index (χ0) is 10.1. The van der Waals surface area contributed by atoms with Gasteiger partial charge in [-0.05, 0) is 25.7 Å². The van der Waals surface area contributed by atoms with Crippen LogP contribution in [0, 0.1) is 5.92 Å². The molecule has 0 spiro atoms. The van der Waals surface area contributed by atoms with E-state index in [1.54, 1.807) is 5.04 Å². The van der Waals surface area contributed by atoms with Crippen LogP contribution in [0.15, 0.2) is 4.99 Å². The predicted octanol–water partition coefficient (Wildman–Crippen LogP) is 4.02. The van der Waals surface area contributed by atoms with Crippen LogP contribution >= 0.6 is 11.8 Å². The Hall–Kier alpha value is 0.0200. The molecule has 0 aromatic carbocycles. The second-order valence-electron chi connectivity index (χ2n) is 5.31. The van der Waals surface area contributed by atoms with Crippen molar-refractivity contribution in [2.75, 3.05) is 0 Å². The summed E-state index contributed by atoms with van der Waals surface area (Å²) >= 11 is 2.15. The lowest BCUT2D eigenvalue weighted by molar-refractivity contribution is 0.437. The van der Waals surface area contributed by atoms with E-state index in [2.05, 4.69) is 11.8 Å². The third-order valence-corrected chi connectivity index (χ3v) is 5.72. The van der Waals surface area contributed by atoms with E-state index in [0.717, 1.165) is 11.2 Å². The van der Waals surface area contributed by atoms with Gasteiger partial charge in [0.2, 0.25) is 0 Å². The minimum Gasteiger partial charge on any atom is -0.278 e. The first-order valence-corrected chi connectivity index (χ1v) is 7.56. The Kier molecular flexibility index (Phi) is 3.05. The molecule has 2 unspecified atom stereocenters. The third-order valence-electron chi connectivity index (χ3n) is 4.19. The monoisotopic (exact) mass is 223 g/mol. The fourth-order valence-electron chi connectivity index (χ4n) is 3.26. The molecule has 0 N–H and O–H groups in total. The maximum Gasteiger partial charge on any atom is 0.0714 e. The SMILES string of the molecule is C1CCC(C2=NC3CCCCC3S2)CC1. The normalized spacial score (nSPS) is 37.5. The van der Waals surface area contributed by atoms with E-state index in [0.29, 0.717) is 6.04 Å². The Morgan fingerprint density at radius 2 is 1.60 bits per heavy atom. The molecule has 3 rings (SSSR count). The highest BCUT2D eigenvalue weighted by molar-refractivity contribution is 8.14. The summed E-state index contributed by atoms with van der Waals surface area (Å²) in [4.78, 5) is 5.01. The van der Waals surface area contributed by atoms with Gasteiger partial charge in [-0.25, -0.2) is 0 Å². The van der Waals surface area contributed by atoms with E-state index in [-0.39, 0.29) is 0 Å². The van der Waals surface area contributed by atoms with E-state index in [1.807, 2.05) is 0 Å². The molecule has 3 aliphatic rings. The fraction of sp³-hybridized carbons (Fsp3) is 0.923. The Morgan fingerprint density at radius 3 is 2.40 bits per heavy atom. The molecule has 0 saturated heterocycles. The molecule has 1 aliphatic heterocycles. The van der Waals surface area contributed by atoms with Crippen molar-refractivity contribution < 1.29 is 0 Å². The van der Waals surface area contributed by atoms with Crippen LogP contribution in [-0.2, 0) is 0 Å². The molecule has 0 amide bonds. The lowest BCUT2D eigenvalue weighted by Gasteiger charge is -2.23. The van der Waals surface area contributed by atoms with Crippen LogP contribution in [0.5, 0.6) is 0 Å². The van der Waals surface area contributed by atoms with Crippen molar-refractivity contribution in [2.24, 2.45) is 10.9 Å². The van der Waals surface area contributed by atoms with Crippen LogP contribution in [0.1, 0.15) is 57.8 Å². The van der Waals surface area contributed by atoms with Crippen molar-refractivity contribution in [3.63, 3.8) is 0 Å². The molecule has 0 aromatic heterocycles. The molecule has 0 radical (unpaired) electrons. The van der Waals surface area contributed by atoms with E-state index < -0.39 is 0 Å². The number of thioether (sulfide) groups is 1. The summed E-state index contributed by atoms with van der Waals surface area (Å²) in [6.07, 6.45) is 12.9. The summed E-state index contributed by atoms with van der Waals surface area (Å²) in [5, 5.41) is 2.42. The lowest BCUT2D eigenvalue weighted by Crippen LogP contribution is -2.21. The highest BCUT2D eigenvalue weighted by Gasteiger charge is 2.35. The van der Waals surface area contributed by atoms with Crippen LogP contribution in [0.3, 0.4) is 0 Å². The molecule has 2 heteroatoms. The molecule has 1 heterocycles. The summed E-state index contributed by atoms with van der Waals surface area (Å²) < 4.78 is 0. The average Bonchev–Trinajstić information content (AvgIpc) is 2.74. The Morgan fingerprint density at radius 1 is 0.867 bits per heavy atom. The van der Waals surface area contributed by atoms with Crippen LogP contribution in [0.2, 0.25) is 0 Å². The fourth-order valence-corrected chi connectivity index (χ4v) is 4.84. The van der Waals surface area contributed by atoms with Gasteiger partial charge in [0.1, 0.15) is 0 Å². The highest BCUT2D eigenvalue weighted by atomic mass is 32.2. The number of nitrogens with zero attached hydrogens (tertiary/aromatic N) is 1. The third kappa shape index (κ3) is 2.11. The smallest absolute Gasteiger partial charge is 0.0714 e. The molecule has 1 nitrogen and oxygen atoms in total. The van der Waals surface area contributed by atoms with E-state index in [4.69, 9.17) is 4.99 Å². The van der Waals surface area contributed by atoms with Gasteiger partial charge in [-0.15, -0.1) is 11.8 Å². The minimum atomic E-state index is 0.709. The second-order valence-corrected chi connectivity index (χ2v) is 6.57. The van der Waals surface area contributed by atoms with Crippen molar-refractivity contribution >= 4 is 16.8 Å². The lowest BCUT2D eigenvalue weighted by atomic mass is 9.90. The van der Waals surface area contributed by atoms with Crippen molar-refractivity contribution in [3.8, 4) is 0 Å². The van der Waals surface area contributed by atoms with E-state index in [9.17, 15) is 0 Å². The molecular formula is C13H21NS. The molecule has 0 bridgehead atoms. The van der Waals surface area contributed by atoms with Crippen LogP contribution in [0.4, 0.5) is 0 Å². The minimum absolute atomic E-state index is 0.709. The summed E-state index contributed by atoms with van der Waals surface area (Å²) in [7, 11) is 0. The van der Waals surface area contributed by atoms with Gasteiger partial charge < -0.3 is 0 Å². The molecule has 2 atom stereocenters. The Labute approximate surface area is 97.1 Å². The molecule has 84 valence electrons. The van der Waals surface area contributed by atoms with Crippen LogP contribution in [-0.4, -0.2) is 16.3 Å². The van der Waals surface area contributed by atoms with Gasteiger partial charge in [-0.3, -0.25) is 4.99 Å².